The number of nitrogens with two attached hydrogens (primary N) is 1. The fraction of sp³-hybridized carbons (Fsp3) is 0.417. The number of fused-ring (bicyclic) bond motifs is 1. The molecular weight excluding hydrogens is 204 g/mol. The summed E-state index contributed by atoms with van der Waals surface area (Å²) in [6, 6.07) is 7.63. The molecule has 1 aliphatic rings. The van der Waals surface area contributed by atoms with Gasteiger partial charge in [0, 0.05) is 19.5 Å². The van der Waals surface area contributed by atoms with Gasteiger partial charge in [-0.05, 0) is 18.6 Å². The van der Waals surface area contributed by atoms with E-state index in [4.69, 9.17) is 10.5 Å². The highest BCUT2D eigenvalue weighted by molar-refractivity contribution is 5.95. The molecule has 1 aromatic rings. The lowest BCUT2D eigenvalue weighted by Crippen LogP contribution is -2.32. The van der Waals surface area contributed by atoms with Gasteiger partial charge in [-0.1, -0.05) is 12.1 Å². The number of hydrogen-bond acceptors (Lipinski definition) is 3. The number of nitrogens with zero attached hydrogens (tertiary/aromatic N) is 1. The monoisotopic (exact) mass is 220 g/mol. The SMILES string of the molecule is NCCC(=O)N1CCCOc2ccccc21. The largest absolute Gasteiger partial charge is 0.491 e. The van der Waals surface area contributed by atoms with Crippen LogP contribution in [0.1, 0.15) is 12.8 Å². The van der Waals surface area contributed by atoms with Gasteiger partial charge in [-0.15, -0.1) is 0 Å². The lowest BCUT2D eigenvalue weighted by atomic mass is 10.2. The van der Waals surface area contributed by atoms with Gasteiger partial charge in [0.25, 0.3) is 0 Å². The smallest absolute Gasteiger partial charge is 0.228 e. The van der Waals surface area contributed by atoms with E-state index in [1.165, 1.54) is 0 Å². The Bertz CT molecular complexity index is 379. The molecule has 1 aromatic carbocycles. The maximum absolute atomic E-state index is 11.9. The number of para-hydroxylation sites is 2. The van der Waals surface area contributed by atoms with Gasteiger partial charge in [0.05, 0.1) is 12.3 Å². The molecule has 2 rings (SSSR count). The van der Waals surface area contributed by atoms with Crippen molar-refractivity contribution >= 4 is 11.6 Å². The first-order valence-corrected chi connectivity index (χ1v) is 5.55. The van der Waals surface area contributed by atoms with Crippen LogP contribution in [0.15, 0.2) is 24.3 Å². The molecule has 0 aromatic heterocycles. The maximum atomic E-state index is 11.9. The molecule has 16 heavy (non-hydrogen) atoms. The molecule has 0 fully saturated rings. The van der Waals surface area contributed by atoms with Crippen LogP contribution in [-0.4, -0.2) is 25.6 Å². The van der Waals surface area contributed by atoms with E-state index in [0.717, 1.165) is 17.9 Å². The number of amides is 1. The minimum Gasteiger partial charge on any atom is -0.491 e. The van der Waals surface area contributed by atoms with Crippen LogP contribution in [0.4, 0.5) is 5.69 Å². The van der Waals surface area contributed by atoms with Crippen molar-refractivity contribution in [3.05, 3.63) is 24.3 Å². The Labute approximate surface area is 95.0 Å². The lowest BCUT2D eigenvalue weighted by Gasteiger charge is -2.21. The Morgan fingerprint density at radius 3 is 3.06 bits per heavy atom. The summed E-state index contributed by atoms with van der Waals surface area (Å²) in [4.78, 5) is 13.7. The van der Waals surface area contributed by atoms with Crippen LogP contribution in [0.5, 0.6) is 5.75 Å². The third-order valence-electron chi connectivity index (χ3n) is 2.60. The summed E-state index contributed by atoms with van der Waals surface area (Å²) in [6.45, 7) is 1.75. The van der Waals surface area contributed by atoms with Crippen molar-refractivity contribution in [1.29, 1.82) is 0 Å². The fourth-order valence-corrected chi connectivity index (χ4v) is 1.84. The van der Waals surface area contributed by atoms with Crippen molar-refractivity contribution in [2.24, 2.45) is 5.73 Å². The van der Waals surface area contributed by atoms with Gasteiger partial charge in [0.1, 0.15) is 5.75 Å². The van der Waals surface area contributed by atoms with Crippen LogP contribution < -0.4 is 15.4 Å². The predicted molar refractivity (Wildman–Crippen MR) is 62.6 cm³/mol. The molecule has 0 spiro atoms. The number of rotatable bonds is 2. The van der Waals surface area contributed by atoms with Crippen LogP contribution in [0.2, 0.25) is 0 Å². The fourth-order valence-electron chi connectivity index (χ4n) is 1.84. The Morgan fingerprint density at radius 2 is 2.25 bits per heavy atom. The van der Waals surface area contributed by atoms with Crippen molar-refractivity contribution < 1.29 is 9.53 Å². The summed E-state index contributed by atoms with van der Waals surface area (Å²) in [5, 5.41) is 0. The second-order valence-electron chi connectivity index (χ2n) is 3.75. The molecule has 4 heteroatoms. The summed E-state index contributed by atoms with van der Waals surface area (Å²) in [5.74, 6) is 0.853. The third-order valence-corrected chi connectivity index (χ3v) is 2.60. The molecule has 1 heterocycles. The molecular formula is C12H16N2O2. The van der Waals surface area contributed by atoms with Crippen LogP contribution in [0.25, 0.3) is 0 Å². The predicted octanol–water partition coefficient (Wildman–Crippen LogP) is 1.15. The molecule has 86 valence electrons. The van der Waals surface area contributed by atoms with E-state index in [1.807, 2.05) is 24.3 Å². The zero-order valence-corrected chi connectivity index (χ0v) is 9.19. The van der Waals surface area contributed by atoms with E-state index >= 15 is 0 Å². The average Bonchev–Trinajstić information content (AvgIpc) is 2.51. The van der Waals surface area contributed by atoms with Crippen molar-refractivity contribution in [3.63, 3.8) is 0 Å². The van der Waals surface area contributed by atoms with Crippen LogP contribution in [0, 0.1) is 0 Å². The topological polar surface area (TPSA) is 55.6 Å². The van der Waals surface area contributed by atoms with Crippen molar-refractivity contribution in [2.45, 2.75) is 12.8 Å². The zero-order valence-electron chi connectivity index (χ0n) is 9.19. The molecule has 0 radical (unpaired) electrons. The van der Waals surface area contributed by atoms with Gasteiger partial charge < -0.3 is 15.4 Å². The number of benzene rings is 1. The third kappa shape index (κ3) is 2.17. The van der Waals surface area contributed by atoms with E-state index in [9.17, 15) is 4.79 Å². The summed E-state index contributed by atoms with van der Waals surface area (Å²) in [6.07, 6.45) is 1.24. The summed E-state index contributed by atoms with van der Waals surface area (Å²) in [7, 11) is 0. The number of carbonyl (C=O) groups excluding carboxylic acids is 1. The first-order valence-electron chi connectivity index (χ1n) is 5.55. The van der Waals surface area contributed by atoms with Gasteiger partial charge in [-0.25, -0.2) is 0 Å². The number of ether oxygens (including phenoxy) is 1. The highest BCUT2D eigenvalue weighted by Gasteiger charge is 2.20. The van der Waals surface area contributed by atoms with Crippen molar-refractivity contribution in [1.82, 2.24) is 0 Å². The van der Waals surface area contributed by atoms with E-state index in [-0.39, 0.29) is 5.91 Å². The molecule has 0 saturated heterocycles. The average molecular weight is 220 g/mol. The molecule has 1 aliphatic heterocycles. The quantitative estimate of drug-likeness (QED) is 0.813. The Morgan fingerprint density at radius 1 is 1.44 bits per heavy atom. The molecule has 1 amide bonds. The Hall–Kier alpha value is -1.55. The maximum Gasteiger partial charge on any atom is 0.228 e. The minimum absolute atomic E-state index is 0.0699. The van der Waals surface area contributed by atoms with Crippen molar-refractivity contribution in [2.75, 3.05) is 24.6 Å². The molecule has 2 N–H and O–H groups in total. The second-order valence-corrected chi connectivity index (χ2v) is 3.75. The number of carbonyl (C=O) groups is 1. The van der Waals surface area contributed by atoms with Gasteiger partial charge in [-0.3, -0.25) is 4.79 Å². The van der Waals surface area contributed by atoms with Gasteiger partial charge in [0.15, 0.2) is 0 Å². The van der Waals surface area contributed by atoms with Gasteiger partial charge in [0.2, 0.25) is 5.91 Å². The van der Waals surface area contributed by atoms with E-state index < -0.39 is 0 Å². The van der Waals surface area contributed by atoms with Crippen molar-refractivity contribution in [3.8, 4) is 5.75 Å². The molecule has 4 nitrogen and oxygen atoms in total. The molecule has 0 saturated carbocycles. The van der Waals surface area contributed by atoms with Crippen LogP contribution >= 0.6 is 0 Å². The zero-order chi connectivity index (χ0) is 11.4. The minimum atomic E-state index is 0.0699. The molecule has 0 bridgehead atoms. The second kappa shape index (κ2) is 4.99. The summed E-state index contributed by atoms with van der Waals surface area (Å²) < 4.78 is 5.58. The summed E-state index contributed by atoms with van der Waals surface area (Å²) in [5.41, 5.74) is 6.28. The summed E-state index contributed by atoms with van der Waals surface area (Å²) >= 11 is 0. The molecule has 0 unspecified atom stereocenters. The van der Waals surface area contributed by atoms with Gasteiger partial charge in [-0.2, -0.15) is 0 Å². The highest BCUT2D eigenvalue weighted by atomic mass is 16.5. The van der Waals surface area contributed by atoms with E-state index in [2.05, 4.69) is 0 Å². The Balaban J connectivity index is 2.28. The Kier molecular flexibility index (Phi) is 3.41. The van der Waals surface area contributed by atoms with Crippen LogP contribution in [0.3, 0.4) is 0 Å². The molecule has 0 aliphatic carbocycles. The van der Waals surface area contributed by atoms with E-state index in [0.29, 0.717) is 26.1 Å². The molecule has 0 atom stereocenters. The normalized spacial score (nSPS) is 14.9. The standard InChI is InChI=1S/C12H16N2O2/c13-7-6-12(15)14-8-3-9-16-11-5-2-1-4-10(11)14/h1-2,4-5H,3,6-9,13H2. The number of anilines is 1. The number of hydrogen-bond donors (Lipinski definition) is 1. The highest BCUT2D eigenvalue weighted by Crippen LogP contribution is 2.30. The first-order chi connectivity index (χ1) is 7.83. The lowest BCUT2D eigenvalue weighted by molar-refractivity contribution is -0.118. The first kappa shape index (κ1) is 11.0. The van der Waals surface area contributed by atoms with Crippen LogP contribution in [-0.2, 0) is 4.79 Å². The van der Waals surface area contributed by atoms with Gasteiger partial charge >= 0.3 is 0 Å². The van der Waals surface area contributed by atoms with E-state index in [1.54, 1.807) is 4.90 Å².